The largest absolute Gasteiger partial charge is 0.444 e. The summed E-state index contributed by atoms with van der Waals surface area (Å²) < 4.78 is 5.41. The van der Waals surface area contributed by atoms with Gasteiger partial charge in [-0.15, -0.1) is 0 Å². The van der Waals surface area contributed by atoms with Gasteiger partial charge in [-0.25, -0.2) is 4.79 Å². The SMILES string of the molecule is C=Cc1cccc(C(C(=O)Nc2ccccc2C)N(C(=O)C(NC(=O)OC(C)(C)C)C(C)C)C(C)C)c1. The maximum atomic E-state index is 14.1. The minimum atomic E-state index is -0.950. The molecular weight excluding hydrogens is 466 g/mol. The lowest BCUT2D eigenvalue weighted by Crippen LogP contribution is -2.56. The third-order valence-corrected chi connectivity index (χ3v) is 5.81. The van der Waals surface area contributed by atoms with Gasteiger partial charge in [-0.1, -0.05) is 62.9 Å². The van der Waals surface area contributed by atoms with Crippen LogP contribution >= 0.6 is 0 Å². The fourth-order valence-electron chi connectivity index (χ4n) is 4.00. The molecule has 0 bridgehead atoms. The zero-order valence-electron chi connectivity index (χ0n) is 23.3. The number of alkyl carbamates (subject to hydrolysis) is 1. The molecule has 2 unspecified atom stereocenters. The lowest BCUT2D eigenvalue weighted by Gasteiger charge is -2.38. The van der Waals surface area contributed by atoms with Crippen molar-refractivity contribution >= 4 is 29.7 Å². The number of hydrogen-bond acceptors (Lipinski definition) is 4. The smallest absolute Gasteiger partial charge is 0.408 e. The number of nitrogens with zero attached hydrogens (tertiary/aromatic N) is 1. The Kier molecular flexibility index (Phi) is 10.1. The summed E-state index contributed by atoms with van der Waals surface area (Å²) in [5, 5.41) is 5.74. The lowest BCUT2D eigenvalue weighted by atomic mass is 9.96. The van der Waals surface area contributed by atoms with Gasteiger partial charge < -0.3 is 20.3 Å². The van der Waals surface area contributed by atoms with Crippen LogP contribution < -0.4 is 10.6 Å². The Labute approximate surface area is 221 Å². The van der Waals surface area contributed by atoms with E-state index in [2.05, 4.69) is 17.2 Å². The summed E-state index contributed by atoms with van der Waals surface area (Å²) in [5.41, 5.74) is 2.33. The van der Waals surface area contributed by atoms with Gasteiger partial charge in [0.25, 0.3) is 5.91 Å². The quantitative estimate of drug-likeness (QED) is 0.429. The van der Waals surface area contributed by atoms with Crippen molar-refractivity contribution in [2.45, 2.75) is 79.1 Å². The van der Waals surface area contributed by atoms with E-state index in [-0.39, 0.29) is 23.8 Å². The Balaban J connectivity index is 2.55. The van der Waals surface area contributed by atoms with Crippen molar-refractivity contribution in [1.29, 1.82) is 0 Å². The van der Waals surface area contributed by atoms with Gasteiger partial charge in [-0.05, 0) is 76.3 Å². The van der Waals surface area contributed by atoms with Gasteiger partial charge in [-0.3, -0.25) is 9.59 Å². The van der Waals surface area contributed by atoms with E-state index >= 15 is 0 Å². The highest BCUT2D eigenvalue weighted by molar-refractivity contribution is 5.99. The summed E-state index contributed by atoms with van der Waals surface area (Å²) >= 11 is 0. The molecule has 0 fully saturated rings. The molecule has 0 aromatic heterocycles. The molecule has 0 saturated heterocycles. The molecule has 2 atom stereocenters. The molecule has 2 rings (SSSR count). The first-order valence-corrected chi connectivity index (χ1v) is 12.7. The highest BCUT2D eigenvalue weighted by atomic mass is 16.6. The zero-order valence-corrected chi connectivity index (χ0v) is 23.3. The molecule has 0 spiro atoms. The third-order valence-electron chi connectivity index (χ3n) is 5.81. The number of hydrogen-bond donors (Lipinski definition) is 2. The Bertz CT molecular complexity index is 1120. The van der Waals surface area contributed by atoms with Crippen molar-refractivity contribution in [3.05, 3.63) is 71.8 Å². The van der Waals surface area contributed by atoms with Crippen molar-refractivity contribution in [3.8, 4) is 0 Å². The molecular formula is C30H41N3O4. The molecule has 0 aliphatic rings. The second-order valence-electron chi connectivity index (χ2n) is 10.8. The van der Waals surface area contributed by atoms with Crippen LogP contribution in [0.3, 0.4) is 0 Å². The Hall–Kier alpha value is -3.61. The average molecular weight is 508 g/mol. The predicted octanol–water partition coefficient (Wildman–Crippen LogP) is 6.10. The summed E-state index contributed by atoms with van der Waals surface area (Å²) in [5.74, 6) is -0.969. The van der Waals surface area contributed by atoms with Gasteiger partial charge in [0.1, 0.15) is 17.7 Å². The summed E-state index contributed by atoms with van der Waals surface area (Å²) in [6, 6.07) is 12.7. The van der Waals surface area contributed by atoms with Crippen LogP contribution in [0.5, 0.6) is 0 Å². The molecule has 0 aliphatic heterocycles. The molecule has 7 nitrogen and oxygen atoms in total. The fraction of sp³-hybridized carbons (Fsp3) is 0.433. The topological polar surface area (TPSA) is 87.7 Å². The molecule has 2 aromatic carbocycles. The van der Waals surface area contributed by atoms with Crippen LogP contribution in [0.25, 0.3) is 6.08 Å². The van der Waals surface area contributed by atoms with Crippen molar-refractivity contribution in [2.75, 3.05) is 5.32 Å². The van der Waals surface area contributed by atoms with E-state index in [9.17, 15) is 14.4 Å². The van der Waals surface area contributed by atoms with Crippen LogP contribution in [-0.2, 0) is 14.3 Å². The lowest BCUT2D eigenvalue weighted by molar-refractivity contribution is -0.143. The van der Waals surface area contributed by atoms with Gasteiger partial charge in [0.2, 0.25) is 5.91 Å². The molecule has 2 aromatic rings. The second kappa shape index (κ2) is 12.6. The van der Waals surface area contributed by atoms with Crippen molar-refractivity contribution < 1.29 is 19.1 Å². The Morgan fingerprint density at radius 3 is 2.19 bits per heavy atom. The number of carbonyl (C=O) groups excluding carboxylic acids is 3. The van der Waals surface area contributed by atoms with Gasteiger partial charge in [0.15, 0.2) is 0 Å². The Morgan fingerprint density at radius 1 is 1.00 bits per heavy atom. The van der Waals surface area contributed by atoms with Crippen molar-refractivity contribution in [2.24, 2.45) is 5.92 Å². The third kappa shape index (κ3) is 8.20. The van der Waals surface area contributed by atoms with Crippen LogP contribution in [0.2, 0.25) is 0 Å². The maximum Gasteiger partial charge on any atom is 0.408 e. The first kappa shape index (κ1) is 29.6. The Morgan fingerprint density at radius 2 is 1.65 bits per heavy atom. The van der Waals surface area contributed by atoms with Crippen molar-refractivity contribution in [3.63, 3.8) is 0 Å². The number of rotatable bonds is 9. The van der Waals surface area contributed by atoms with Crippen LogP contribution in [0.15, 0.2) is 55.1 Å². The first-order chi connectivity index (χ1) is 17.2. The minimum absolute atomic E-state index is 0.249. The van der Waals surface area contributed by atoms with Gasteiger partial charge in [0.05, 0.1) is 0 Å². The molecule has 0 radical (unpaired) electrons. The van der Waals surface area contributed by atoms with Crippen LogP contribution in [0.4, 0.5) is 10.5 Å². The highest BCUT2D eigenvalue weighted by Crippen LogP contribution is 2.29. The van der Waals surface area contributed by atoms with E-state index in [0.717, 1.165) is 11.1 Å². The van der Waals surface area contributed by atoms with E-state index < -0.39 is 23.8 Å². The monoisotopic (exact) mass is 507 g/mol. The van der Waals surface area contributed by atoms with E-state index in [1.54, 1.807) is 26.8 Å². The van der Waals surface area contributed by atoms with Crippen LogP contribution in [0.1, 0.15) is 71.2 Å². The number of aryl methyl sites for hydroxylation is 1. The average Bonchev–Trinajstić information content (AvgIpc) is 2.80. The van der Waals surface area contributed by atoms with Gasteiger partial charge in [-0.2, -0.15) is 0 Å². The fourth-order valence-corrected chi connectivity index (χ4v) is 4.00. The highest BCUT2D eigenvalue weighted by Gasteiger charge is 2.39. The van der Waals surface area contributed by atoms with E-state index in [1.165, 1.54) is 4.90 Å². The zero-order chi connectivity index (χ0) is 27.9. The molecule has 0 aliphatic carbocycles. The number of benzene rings is 2. The van der Waals surface area contributed by atoms with E-state index in [1.807, 2.05) is 83.1 Å². The summed E-state index contributed by atoms with van der Waals surface area (Å²) in [7, 11) is 0. The molecule has 200 valence electrons. The molecule has 0 saturated carbocycles. The number of carbonyl (C=O) groups is 3. The van der Waals surface area contributed by atoms with Crippen LogP contribution in [0, 0.1) is 12.8 Å². The summed E-state index contributed by atoms with van der Waals surface area (Å²) in [6.45, 7) is 18.4. The normalized spacial score (nSPS) is 13.0. The second-order valence-corrected chi connectivity index (χ2v) is 10.8. The first-order valence-electron chi connectivity index (χ1n) is 12.7. The predicted molar refractivity (Wildman–Crippen MR) is 149 cm³/mol. The van der Waals surface area contributed by atoms with E-state index in [0.29, 0.717) is 11.3 Å². The van der Waals surface area contributed by atoms with Gasteiger partial charge in [0, 0.05) is 11.7 Å². The molecule has 7 heteroatoms. The molecule has 2 N–H and O–H groups in total. The number of nitrogens with one attached hydrogen (secondary N) is 2. The number of para-hydroxylation sites is 1. The van der Waals surface area contributed by atoms with Crippen molar-refractivity contribution in [1.82, 2.24) is 10.2 Å². The summed E-state index contributed by atoms with van der Waals surface area (Å²) in [6.07, 6.45) is 1.01. The summed E-state index contributed by atoms with van der Waals surface area (Å²) in [4.78, 5) is 42.1. The standard InChI is InChI=1S/C30H41N3O4/c1-10-22-15-13-16-23(18-22)26(27(34)31-24-17-12-11-14-21(24)6)33(20(4)5)28(35)25(19(2)3)32-29(36)37-30(7,8)9/h10-20,25-26H,1H2,2-9H3,(H,31,34)(H,32,36). The van der Waals surface area contributed by atoms with Gasteiger partial charge >= 0.3 is 6.09 Å². The minimum Gasteiger partial charge on any atom is -0.444 e. The number of amides is 3. The number of ether oxygens (including phenoxy) is 1. The van der Waals surface area contributed by atoms with E-state index in [4.69, 9.17) is 4.74 Å². The molecule has 3 amide bonds. The van der Waals surface area contributed by atoms with Crippen LogP contribution in [-0.4, -0.2) is 40.5 Å². The molecule has 37 heavy (non-hydrogen) atoms. The number of anilines is 1. The maximum absolute atomic E-state index is 14.1. The molecule has 0 heterocycles.